The standard InChI is InChI=1S/C20H27FN6O2/c1-4-22-20(23-11-15(2)29-18-7-5-16(21)6-8-18)26-9-10-27(19(28)14-26)17-12-24-25(3)13-17/h5-8,12-13,15H,4,9-11,14H2,1-3H3,(H,22,23). The Balaban J connectivity index is 1.60. The fourth-order valence-electron chi connectivity index (χ4n) is 3.10. The molecule has 1 aliphatic rings. The van der Waals surface area contributed by atoms with E-state index < -0.39 is 0 Å². The van der Waals surface area contributed by atoms with Crippen LogP contribution in [0.3, 0.4) is 0 Å². The third-order valence-corrected chi connectivity index (χ3v) is 4.51. The minimum atomic E-state index is -0.299. The number of piperazine rings is 1. The SMILES string of the molecule is CCNC(=NCC(C)Oc1ccc(F)cc1)N1CCN(c2cnn(C)c2)C(=O)C1. The maximum Gasteiger partial charge on any atom is 0.246 e. The maximum absolute atomic E-state index is 13.0. The summed E-state index contributed by atoms with van der Waals surface area (Å²) in [6.07, 6.45) is 3.34. The number of aryl methyl sites for hydroxylation is 1. The van der Waals surface area contributed by atoms with Gasteiger partial charge in [0.25, 0.3) is 0 Å². The molecule has 3 rings (SSSR count). The van der Waals surface area contributed by atoms with Crippen LogP contribution in [-0.2, 0) is 11.8 Å². The Hall–Kier alpha value is -3.10. The van der Waals surface area contributed by atoms with Crippen LogP contribution in [0.4, 0.5) is 10.1 Å². The molecule has 1 amide bonds. The Morgan fingerprint density at radius 2 is 2.10 bits per heavy atom. The number of carbonyl (C=O) groups is 1. The molecular weight excluding hydrogens is 375 g/mol. The molecule has 8 nitrogen and oxygen atoms in total. The zero-order valence-corrected chi connectivity index (χ0v) is 17.0. The van der Waals surface area contributed by atoms with Crippen LogP contribution in [0.25, 0.3) is 0 Å². The average molecular weight is 402 g/mol. The van der Waals surface area contributed by atoms with Crippen molar-refractivity contribution in [1.82, 2.24) is 20.0 Å². The van der Waals surface area contributed by atoms with Gasteiger partial charge in [-0.05, 0) is 38.1 Å². The molecule has 1 N–H and O–H groups in total. The fraction of sp³-hybridized carbons (Fsp3) is 0.450. The summed E-state index contributed by atoms with van der Waals surface area (Å²) in [5.74, 6) is 0.985. The van der Waals surface area contributed by atoms with Crippen LogP contribution in [-0.4, -0.2) is 65.4 Å². The maximum atomic E-state index is 13.0. The van der Waals surface area contributed by atoms with Crippen LogP contribution >= 0.6 is 0 Å². The summed E-state index contributed by atoms with van der Waals surface area (Å²) >= 11 is 0. The Morgan fingerprint density at radius 3 is 2.72 bits per heavy atom. The summed E-state index contributed by atoms with van der Waals surface area (Å²) in [4.78, 5) is 21.0. The van der Waals surface area contributed by atoms with E-state index in [1.165, 1.54) is 12.1 Å². The second-order valence-corrected chi connectivity index (χ2v) is 6.92. The largest absolute Gasteiger partial charge is 0.489 e. The highest BCUT2D eigenvalue weighted by Crippen LogP contribution is 2.16. The van der Waals surface area contributed by atoms with E-state index in [-0.39, 0.29) is 24.4 Å². The predicted octanol–water partition coefficient (Wildman–Crippen LogP) is 1.64. The van der Waals surface area contributed by atoms with E-state index in [1.54, 1.807) is 27.9 Å². The van der Waals surface area contributed by atoms with Gasteiger partial charge in [-0.2, -0.15) is 5.10 Å². The van der Waals surface area contributed by atoms with Gasteiger partial charge in [-0.15, -0.1) is 0 Å². The number of carbonyl (C=O) groups excluding carboxylic acids is 1. The van der Waals surface area contributed by atoms with Gasteiger partial charge >= 0.3 is 0 Å². The topological polar surface area (TPSA) is 75.0 Å². The minimum Gasteiger partial charge on any atom is -0.489 e. The molecule has 9 heteroatoms. The Morgan fingerprint density at radius 1 is 1.34 bits per heavy atom. The third kappa shape index (κ3) is 5.46. The predicted molar refractivity (Wildman–Crippen MR) is 110 cm³/mol. The van der Waals surface area contributed by atoms with Crippen molar-refractivity contribution in [2.24, 2.45) is 12.0 Å². The lowest BCUT2D eigenvalue weighted by atomic mass is 10.3. The molecule has 1 aliphatic heterocycles. The number of halogens is 1. The lowest BCUT2D eigenvalue weighted by Crippen LogP contribution is -2.55. The molecule has 156 valence electrons. The first-order chi connectivity index (χ1) is 14.0. The van der Waals surface area contributed by atoms with Gasteiger partial charge in [0.2, 0.25) is 5.91 Å². The van der Waals surface area contributed by atoms with Crippen LogP contribution < -0.4 is 15.0 Å². The number of hydrogen-bond donors (Lipinski definition) is 1. The highest BCUT2D eigenvalue weighted by molar-refractivity contribution is 5.98. The van der Waals surface area contributed by atoms with Crippen LogP contribution in [0.5, 0.6) is 5.75 Å². The number of ether oxygens (including phenoxy) is 1. The number of rotatable bonds is 6. The van der Waals surface area contributed by atoms with E-state index >= 15 is 0 Å². The first-order valence-corrected chi connectivity index (χ1v) is 9.70. The monoisotopic (exact) mass is 402 g/mol. The highest BCUT2D eigenvalue weighted by atomic mass is 19.1. The van der Waals surface area contributed by atoms with E-state index in [9.17, 15) is 9.18 Å². The molecule has 2 heterocycles. The van der Waals surface area contributed by atoms with Gasteiger partial charge in [0, 0.05) is 32.9 Å². The molecule has 1 atom stereocenters. The van der Waals surface area contributed by atoms with E-state index in [0.717, 1.165) is 5.69 Å². The van der Waals surface area contributed by atoms with Crippen LogP contribution in [0, 0.1) is 5.82 Å². The Kier molecular flexibility index (Phi) is 6.69. The van der Waals surface area contributed by atoms with Gasteiger partial charge < -0.3 is 19.9 Å². The van der Waals surface area contributed by atoms with Crippen molar-refractivity contribution < 1.29 is 13.9 Å². The second-order valence-electron chi connectivity index (χ2n) is 6.92. The van der Waals surface area contributed by atoms with E-state index in [4.69, 9.17) is 4.74 Å². The van der Waals surface area contributed by atoms with Crippen molar-refractivity contribution in [2.75, 3.05) is 37.6 Å². The quantitative estimate of drug-likeness (QED) is 0.587. The Bertz CT molecular complexity index is 851. The normalized spacial score (nSPS) is 16.1. The molecular formula is C20H27FN6O2. The van der Waals surface area contributed by atoms with Gasteiger partial charge in [0.15, 0.2) is 5.96 Å². The van der Waals surface area contributed by atoms with Gasteiger partial charge in [0.05, 0.1) is 18.4 Å². The van der Waals surface area contributed by atoms with Gasteiger partial charge in [-0.25, -0.2) is 9.38 Å². The second kappa shape index (κ2) is 9.40. The number of aliphatic imine (C=N–C) groups is 1. The summed E-state index contributed by atoms with van der Waals surface area (Å²) in [5.41, 5.74) is 0.806. The zero-order chi connectivity index (χ0) is 20.8. The number of guanidine groups is 1. The highest BCUT2D eigenvalue weighted by Gasteiger charge is 2.27. The Labute approximate surface area is 170 Å². The van der Waals surface area contributed by atoms with Gasteiger partial charge in [-0.3, -0.25) is 9.48 Å². The van der Waals surface area contributed by atoms with Gasteiger partial charge in [0.1, 0.15) is 24.2 Å². The first-order valence-electron chi connectivity index (χ1n) is 9.70. The van der Waals surface area contributed by atoms with Crippen molar-refractivity contribution in [1.29, 1.82) is 0 Å². The molecule has 29 heavy (non-hydrogen) atoms. The zero-order valence-electron chi connectivity index (χ0n) is 17.0. The smallest absolute Gasteiger partial charge is 0.246 e. The molecule has 0 saturated carbocycles. The van der Waals surface area contributed by atoms with E-state index in [2.05, 4.69) is 15.4 Å². The number of amides is 1. The molecule has 1 aromatic carbocycles. The summed E-state index contributed by atoms with van der Waals surface area (Å²) < 4.78 is 20.5. The minimum absolute atomic E-state index is 0.00506. The molecule has 0 aliphatic carbocycles. The van der Waals surface area contributed by atoms with E-state index in [0.29, 0.717) is 37.9 Å². The molecule has 1 unspecified atom stereocenters. The van der Waals surface area contributed by atoms with Crippen LogP contribution in [0.15, 0.2) is 41.7 Å². The molecule has 0 radical (unpaired) electrons. The van der Waals surface area contributed by atoms with Crippen molar-refractivity contribution in [2.45, 2.75) is 20.0 Å². The molecule has 1 fully saturated rings. The number of benzene rings is 1. The number of aromatic nitrogens is 2. The lowest BCUT2D eigenvalue weighted by molar-refractivity contribution is -0.120. The fourth-order valence-corrected chi connectivity index (χ4v) is 3.10. The molecule has 1 aromatic heterocycles. The number of nitrogens with one attached hydrogen (secondary N) is 1. The summed E-state index contributed by atoms with van der Waals surface area (Å²) in [6.45, 7) is 6.48. The molecule has 2 aromatic rings. The summed E-state index contributed by atoms with van der Waals surface area (Å²) in [6, 6.07) is 5.92. The first kappa shape index (κ1) is 20.6. The number of nitrogens with zero attached hydrogens (tertiary/aromatic N) is 5. The van der Waals surface area contributed by atoms with Crippen molar-refractivity contribution in [3.8, 4) is 5.75 Å². The molecule has 1 saturated heterocycles. The molecule has 0 spiro atoms. The lowest BCUT2D eigenvalue weighted by Gasteiger charge is -2.35. The van der Waals surface area contributed by atoms with Crippen molar-refractivity contribution in [3.05, 3.63) is 42.5 Å². The van der Waals surface area contributed by atoms with Crippen LogP contribution in [0.1, 0.15) is 13.8 Å². The number of anilines is 1. The summed E-state index contributed by atoms with van der Waals surface area (Å²) in [7, 11) is 1.83. The number of hydrogen-bond acceptors (Lipinski definition) is 4. The van der Waals surface area contributed by atoms with Crippen molar-refractivity contribution in [3.63, 3.8) is 0 Å². The van der Waals surface area contributed by atoms with E-state index in [1.807, 2.05) is 32.0 Å². The van der Waals surface area contributed by atoms with Crippen molar-refractivity contribution >= 4 is 17.6 Å². The summed E-state index contributed by atoms with van der Waals surface area (Å²) in [5, 5.41) is 7.38. The molecule has 0 bridgehead atoms. The average Bonchev–Trinajstić information content (AvgIpc) is 3.13. The van der Waals surface area contributed by atoms with Crippen LogP contribution in [0.2, 0.25) is 0 Å². The van der Waals surface area contributed by atoms with Gasteiger partial charge in [-0.1, -0.05) is 0 Å². The third-order valence-electron chi connectivity index (χ3n) is 4.51.